The van der Waals surface area contributed by atoms with Crippen molar-refractivity contribution in [2.75, 3.05) is 24.7 Å². The molecule has 1 aromatic carbocycles. The number of aliphatic hydroxyl groups is 2. The van der Waals surface area contributed by atoms with Crippen LogP contribution in [0.2, 0.25) is 0 Å². The first-order valence-electron chi connectivity index (χ1n) is 12.7. The number of nitrogens with zero attached hydrogens (tertiary/aromatic N) is 3. The third-order valence-electron chi connectivity index (χ3n) is 6.37. The lowest BCUT2D eigenvalue weighted by molar-refractivity contribution is -0.119. The van der Waals surface area contributed by atoms with E-state index >= 15 is 0 Å². The Kier molecular flexibility index (Phi) is 9.57. The van der Waals surface area contributed by atoms with Crippen LogP contribution in [0.15, 0.2) is 53.5 Å². The van der Waals surface area contributed by atoms with E-state index in [-0.39, 0.29) is 53.5 Å². The Labute approximate surface area is 239 Å². The second kappa shape index (κ2) is 12.8. The molecular formula is C25H33N6O8PS. The maximum Gasteiger partial charge on any atom is 0.458 e. The highest BCUT2D eigenvalue weighted by molar-refractivity contribution is 8.13. The molecule has 6 N–H and O–H groups in total. The van der Waals surface area contributed by atoms with Gasteiger partial charge >= 0.3 is 7.75 Å². The maximum atomic E-state index is 13.6. The van der Waals surface area contributed by atoms with E-state index in [9.17, 15) is 24.4 Å². The Balaban J connectivity index is 1.49. The van der Waals surface area contributed by atoms with E-state index in [4.69, 9.17) is 19.5 Å². The first-order valence-corrected chi connectivity index (χ1v) is 15.2. The van der Waals surface area contributed by atoms with Crippen LogP contribution in [-0.4, -0.2) is 59.9 Å². The number of aromatic nitrogens is 4. The third kappa shape index (κ3) is 7.18. The normalized spacial score (nSPS) is 21.6. The molecule has 0 radical (unpaired) electrons. The number of aliphatic hydroxyl groups excluding tert-OH is 2. The number of nitrogens with one attached hydrogen (secondary N) is 2. The summed E-state index contributed by atoms with van der Waals surface area (Å²) < 4.78 is 32.2. The lowest BCUT2D eigenvalue weighted by Crippen LogP contribution is -2.26. The molecule has 0 saturated carbocycles. The van der Waals surface area contributed by atoms with Crippen LogP contribution in [0.1, 0.15) is 32.6 Å². The molecule has 4 unspecified atom stereocenters. The quantitative estimate of drug-likeness (QED) is 0.114. The van der Waals surface area contributed by atoms with Gasteiger partial charge in [0.2, 0.25) is 5.95 Å². The molecule has 1 fully saturated rings. The summed E-state index contributed by atoms with van der Waals surface area (Å²) in [6.45, 7) is 4.71. The number of anilines is 1. The Bertz CT molecular complexity index is 1510. The van der Waals surface area contributed by atoms with Crippen molar-refractivity contribution in [3.8, 4) is 0 Å². The van der Waals surface area contributed by atoms with Crippen molar-refractivity contribution in [1.29, 1.82) is 0 Å². The Hall–Kier alpha value is -3.20. The van der Waals surface area contributed by atoms with Gasteiger partial charge in [0, 0.05) is 18.2 Å². The first-order chi connectivity index (χ1) is 19.4. The highest BCUT2D eigenvalue weighted by Gasteiger charge is 2.41. The fourth-order valence-corrected chi connectivity index (χ4v) is 5.95. The zero-order valence-electron chi connectivity index (χ0n) is 22.7. The summed E-state index contributed by atoms with van der Waals surface area (Å²) in [4.78, 5) is 35.0. The highest BCUT2D eigenvalue weighted by atomic mass is 32.2. The number of carbonyl (C=O) groups is 1. The SMILES string of the molecule is CC1C(O)C(=COP(=O)(NCc2ccccc2)OCCSC(=O)C(C)(C)CO)OC1n1cnc2c(=O)[nH]c(N)nc21. The van der Waals surface area contributed by atoms with Gasteiger partial charge in [-0.25, -0.2) is 14.6 Å². The molecule has 3 aromatic rings. The molecule has 2 aromatic heterocycles. The highest BCUT2D eigenvalue weighted by Crippen LogP contribution is 2.46. The van der Waals surface area contributed by atoms with E-state index < -0.39 is 37.0 Å². The predicted octanol–water partition coefficient (Wildman–Crippen LogP) is 2.28. The second-order valence-electron chi connectivity index (χ2n) is 10.0. The number of nitrogens with two attached hydrogens (primary N) is 1. The number of ether oxygens (including phenoxy) is 1. The zero-order chi connectivity index (χ0) is 29.8. The summed E-state index contributed by atoms with van der Waals surface area (Å²) in [5, 5.41) is 22.8. The van der Waals surface area contributed by atoms with E-state index in [2.05, 4.69) is 20.0 Å². The van der Waals surface area contributed by atoms with Gasteiger partial charge in [-0.15, -0.1) is 0 Å². The van der Waals surface area contributed by atoms with Crippen LogP contribution in [0, 0.1) is 11.3 Å². The van der Waals surface area contributed by atoms with Gasteiger partial charge in [0.25, 0.3) is 5.56 Å². The molecule has 1 aliphatic rings. The Morgan fingerprint density at radius 3 is 2.80 bits per heavy atom. The van der Waals surface area contributed by atoms with E-state index in [1.165, 1.54) is 10.9 Å². The van der Waals surface area contributed by atoms with Crippen molar-refractivity contribution < 1.29 is 33.4 Å². The van der Waals surface area contributed by atoms with Crippen LogP contribution >= 0.6 is 19.5 Å². The Morgan fingerprint density at radius 2 is 2.10 bits per heavy atom. The summed E-state index contributed by atoms with van der Waals surface area (Å²) >= 11 is 0.952. The van der Waals surface area contributed by atoms with Crippen LogP contribution < -0.4 is 16.4 Å². The summed E-state index contributed by atoms with van der Waals surface area (Å²) in [6.07, 6.45) is 0.402. The van der Waals surface area contributed by atoms with Crippen LogP contribution in [0.5, 0.6) is 0 Å². The minimum absolute atomic E-state index is 0.0262. The van der Waals surface area contributed by atoms with E-state index in [0.29, 0.717) is 0 Å². The molecule has 0 spiro atoms. The number of hydrogen-bond donors (Lipinski definition) is 5. The van der Waals surface area contributed by atoms with Crippen molar-refractivity contribution in [3.63, 3.8) is 0 Å². The van der Waals surface area contributed by atoms with Crippen LogP contribution in [-0.2, 0) is 29.7 Å². The van der Waals surface area contributed by atoms with Crippen molar-refractivity contribution >= 4 is 41.7 Å². The van der Waals surface area contributed by atoms with Gasteiger partial charge in [-0.2, -0.15) is 4.98 Å². The fourth-order valence-electron chi connectivity index (χ4n) is 3.84. The third-order valence-corrected chi connectivity index (χ3v) is 9.01. The number of carbonyl (C=O) groups excluding carboxylic acids is 1. The molecule has 0 aliphatic carbocycles. The number of hydrogen-bond acceptors (Lipinski definition) is 12. The van der Waals surface area contributed by atoms with Gasteiger partial charge < -0.3 is 25.2 Å². The number of imidazole rings is 1. The predicted molar refractivity (Wildman–Crippen MR) is 152 cm³/mol. The fraction of sp³-hybridized carbons (Fsp3) is 0.440. The topological polar surface area (TPSA) is 204 Å². The average molecular weight is 609 g/mol. The number of thioether (sulfide) groups is 1. The van der Waals surface area contributed by atoms with Crippen molar-refractivity contribution in [2.24, 2.45) is 11.3 Å². The molecule has 16 heteroatoms. The van der Waals surface area contributed by atoms with E-state index in [1.54, 1.807) is 20.8 Å². The molecule has 222 valence electrons. The number of fused-ring (bicyclic) bond motifs is 1. The standard InChI is InChI=1S/C25H33N6O8PS/c1-15-19(33)17(39-22(15)31-14-27-18-20(31)29-24(26)30-21(18)34)12-38-40(36,28-11-16-7-5-4-6-8-16)37-9-10-41-23(35)25(2,3)13-32/h4-8,12,14-15,19,22,32-33H,9-11,13H2,1-3H3,(H,28,36)(H3,26,29,30,34). The maximum absolute atomic E-state index is 13.6. The van der Waals surface area contributed by atoms with Crippen LogP contribution in [0.4, 0.5) is 5.95 Å². The zero-order valence-corrected chi connectivity index (χ0v) is 24.4. The molecule has 1 aliphatic heterocycles. The average Bonchev–Trinajstić information content (AvgIpc) is 3.49. The summed E-state index contributed by atoms with van der Waals surface area (Å²) in [7, 11) is -4.01. The van der Waals surface area contributed by atoms with E-state index in [1.807, 2.05) is 30.3 Å². The van der Waals surface area contributed by atoms with Crippen molar-refractivity contribution in [3.05, 3.63) is 64.6 Å². The number of rotatable bonds is 12. The van der Waals surface area contributed by atoms with Gasteiger partial charge in [0.05, 0.1) is 18.6 Å². The first kappa shape index (κ1) is 30.8. The Morgan fingerprint density at radius 1 is 1.37 bits per heavy atom. The van der Waals surface area contributed by atoms with Crippen LogP contribution in [0.25, 0.3) is 11.2 Å². The molecule has 3 heterocycles. The largest absolute Gasteiger partial charge is 0.468 e. The van der Waals surface area contributed by atoms with Gasteiger partial charge in [0.15, 0.2) is 28.3 Å². The van der Waals surface area contributed by atoms with Crippen molar-refractivity contribution in [2.45, 2.75) is 39.6 Å². The molecule has 4 rings (SSSR count). The lowest BCUT2D eigenvalue weighted by atomic mass is 9.97. The number of H-pyrrole nitrogens is 1. The van der Waals surface area contributed by atoms with Crippen molar-refractivity contribution in [1.82, 2.24) is 24.6 Å². The van der Waals surface area contributed by atoms with E-state index in [0.717, 1.165) is 23.6 Å². The second-order valence-corrected chi connectivity index (χ2v) is 12.9. The monoisotopic (exact) mass is 608 g/mol. The number of benzene rings is 1. The number of aromatic amines is 1. The van der Waals surface area contributed by atoms with Gasteiger partial charge in [-0.05, 0) is 19.4 Å². The smallest absolute Gasteiger partial charge is 0.458 e. The molecule has 1 saturated heterocycles. The van der Waals surface area contributed by atoms with Gasteiger partial charge in [-0.1, -0.05) is 49.0 Å². The lowest BCUT2D eigenvalue weighted by Gasteiger charge is -2.20. The minimum atomic E-state index is -4.01. The summed E-state index contributed by atoms with van der Waals surface area (Å²) in [5.41, 5.74) is 5.31. The molecule has 0 amide bonds. The van der Waals surface area contributed by atoms with Gasteiger partial charge in [-0.3, -0.25) is 23.7 Å². The molecule has 14 nitrogen and oxygen atoms in total. The molecule has 4 atom stereocenters. The van der Waals surface area contributed by atoms with Crippen LogP contribution in [0.3, 0.4) is 0 Å². The number of nitrogen functional groups attached to an aromatic ring is 1. The minimum Gasteiger partial charge on any atom is -0.468 e. The molecular weight excluding hydrogens is 575 g/mol. The van der Waals surface area contributed by atoms with Gasteiger partial charge in [0.1, 0.15) is 18.7 Å². The summed E-state index contributed by atoms with van der Waals surface area (Å²) in [6, 6.07) is 9.17. The summed E-state index contributed by atoms with van der Waals surface area (Å²) in [5.74, 6) is -0.501. The molecule has 0 bridgehead atoms. The molecule has 41 heavy (non-hydrogen) atoms.